The van der Waals surface area contributed by atoms with Crippen LogP contribution in [0.3, 0.4) is 0 Å². The molecule has 1 aromatic carbocycles. The van der Waals surface area contributed by atoms with Crippen molar-refractivity contribution in [2.24, 2.45) is 11.1 Å². The van der Waals surface area contributed by atoms with Gasteiger partial charge in [-0.05, 0) is 49.1 Å². The van der Waals surface area contributed by atoms with Crippen molar-refractivity contribution in [1.29, 1.82) is 0 Å². The van der Waals surface area contributed by atoms with Crippen LogP contribution in [0.4, 0.5) is 20.2 Å². The van der Waals surface area contributed by atoms with Crippen molar-refractivity contribution < 1.29 is 13.6 Å². The molecule has 0 saturated carbocycles. The zero-order chi connectivity index (χ0) is 17.8. The van der Waals surface area contributed by atoms with Gasteiger partial charge in [-0.1, -0.05) is 0 Å². The molecule has 1 aromatic heterocycles. The lowest BCUT2D eigenvalue weighted by atomic mass is 9.96. The number of nitrogens with one attached hydrogen (secondary N) is 1. The van der Waals surface area contributed by atoms with Crippen LogP contribution in [-0.2, 0) is 4.79 Å². The van der Waals surface area contributed by atoms with Crippen LogP contribution in [-0.4, -0.2) is 24.0 Å². The number of aromatic nitrogens is 1. The lowest BCUT2D eigenvalue weighted by molar-refractivity contribution is -0.120. The quantitative estimate of drug-likeness (QED) is 0.816. The Morgan fingerprint density at radius 1 is 1.32 bits per heavy atom. The first kappa shape index (κ1) is 17.6. The molecule has 1 saturated heterocycles. The van der Waals surface area contributed by atoms with Crippen LogP contribution in [0.25, 0.3) is 0 Å². The summed E-state index contributed by atoms with van der Waals surface area (Å²) in [6.45, 7) is 0.934. The van der Waals surface area contributed by atoms with Crippen LogP contribution in [0.15, 0.2) is 41.6 Å². The van der Waals surface area contributed by atoms with E-state index in [4.69, 9.17) is 5.14 Å². The number of halogens is 2. The van der Waals surface area contributed by atoms with Gasteiger partial charge in [-0.3, -0.25) is 9.93 Å². The molecular weight excluding hydrogens is 346 g/mol. The first-order valence-electron chi connectivity index (χ1n) is 7.90. The Labute approximate surface area is 148 Å². The molecule has 0 bridgehead atoms. The summed E-state index contributed by atoms with van der Waals surface area (Å²) in [5, 5.41) is 8.91. The van der Waals surface area contributed by atoms with Crippen molar-refractivity contribution in [2.45, 2.75) is 17.9 Å². The highest BCUT2D eigenvalue weighted by molar-refractivity contribution is 7.97. The third-order valence-electron chi connectivity index (χ3n) is 4.16. The molecular formula is C17H18F2N4OS. The van der Waals surface area contributed by atoms with E-state index in [1.807, 2.05) is 0 Å². The maximum absolute atomic E-state index is 14.0. The van der Waals surface area contributed by atoms with E-state index < -0.39 is 11.6 Å². The predicted octanol–water partition coefficient (Wildman–Crippen LogP) is 3.18. The number of hydrogen-bond acceptors (Lipinski definition) is 5. The number of carbonyl (C=O) groups is 1. The van der Waals surface area contributed by atoms with Gasteiger partial charge in [0, 0.05) is 31.0 Å². The normalized spacial score (nSPS) is 17.4. The number of nitrogens with two attached hydrogens (primary N) is 1. The van der Waals surface area contributed by atoms with E-state index >= 15 is 0 Å². The molecule has 2 heterocycles. The van der Waals surface area contributed by atoms with E-state index in [-0.39, 0.29) is 17.5 Å². The lowest BCUT2D eigenvalue weighted by Crippen LogP contribution is -2.41. The van der Waals surface area contributed by atoms with Crippen molar-refractivity contribution in [3.05, 3.63) is 48.2 Å². The summed E-state index contributed by atoms with van der Waals surface area (Å²) in [7, 11) is 0. The smallest absolute Gasteiger partial charge is 0.229 e. The largest absolute Gasteiger partial charge is 0.368 e. The second-order valence-corrected chi connectivity index (χ2v) is 6.52. The molecule has 132 valence electrons. The van der Waals surface area contributed by atoms with Crippen LogP contribution in [0.5, 0.6) is 0 Å². The fraction of sp³-hybridized carbons (Fsp3) is 0.294. The minimum atomic E-state index is -0.494. The molecule has 1 atom stereocenters. The SMILES string of the molecule is NSc1cc(NC(=O)C2CCCN(c3cc(F)ccc3F)C2)ccn1. The van der Waals surface area contributed by atoms with E-state index in [1.54, 1.807) is 23.2 Å². The van der Waals surface area contributed by atoms with Gasteiger partial charge in [0.2, 0.25) is 5.91 Å². The standard InChI is InChI=1S/C17H18F2N4OS/c18-12-3-4-14(19)15(8-12)23-7-1-2-11(10-23)17(24)22-13-5-6-21-16(9-13)25-20/h3-6,8-9,11H,1-2,7,10,20H2,(H,21,22,24). The van der Waals surface area contributed by atoms with E-state index in [1.165, 1.54) is 6.07 Å². The van der Waals surface area contributed by atoms with Gasteiger partial charge in [-0.25, -0.2) is 13.8 Å². The minimum absolute atomic E-state index is 0.152. The fourth-order valence-electron chi connectivity index (χ4n) is 2.93. The van der Waals surface area contributed by atoms with E-state index in [0.717, 1.165) is 30.5 Å². The summed E-state index contributed by atoms with van der Waals surface area (Å²) >= 11 is 0.998. The number of pyridine rings is 1. The van der Waals surface area contributed by atoms with Gasteiger partial charge in [0.1, 0.15) is 16.7 Å². The topological polar surface area (TPSA) is 71.2 Å². The van der Waals surface area contributed by atoms with E-state index in [9.17, 15) is 13.6 Å². The third kappa shape index (κ3) is 4.26. The second-order valence-electron chi connectivity index (χ2n) is 5.87. The maximum atomic E-state index is 14.0. The number of carbonyl (C=O) groups excluding carboxylic acids is 1. The van der Waals surface area contributed by atoms with Crippen molar-refractivity contribution in [3.8, 4) is 0 Å². The number of piperidine rings is 1. The maximum Gasteiger partial charge on any atom is 0.229 e. The Hall–Kier alpha value is -2.19. The van der Waals surface area contributed by atoms with Gasteiger partial charge in [0.25, 0.3) is 0 Å². The predicted molar refractivity (Wildman–Crippen MR) is 94.2 cm³/mol. The molecule has 0 radical (unpaired) electrons. The summed E-state index contributed by atoms with van der Waals surface area (Å²) in [6.07, 6.45) is 3.00. The molecule has 1 fully saturated rings. The van der Waals surface area contributed by atoms with Crippen LogP contribution < -0.4 is 15.4 Å². The monoisotopic (exact) mass is 364 g/mol. The molecule has 0 spiro atoms. The number of benzene rings is 1. The molecule has 1 amide bonds. The molecule has 1 aliphatic heterocycles. The van der Waals surface area contributed by atoms with Crippen molar-refractivity contribution in [1.82, 2.24) is 4.98 Å². The number of rotatable bonds is 4. The highest BCUT2D eigenvalue weighted by Crippen LogP contribution is 2.27. The molecule has 3 N–H and O–H groups in total. The molecule has 3 rings (SSSR count). The zero-order valence-corrected chi connectivity index (χ0v) is 14.2. The number of amides is 1. The molecule has 25 heavy (non-hydrogen) atoms. The molecule has 5 nitrogen and oxygen atoms in total. The van der Waals surface area contributed by atoms with Crippen LogP contribution in [0.1, 0.15) is 12.8 Å². The van der Waals surface area contributed by atoms with Crippen molar-refractivity contribution >= 4 is 29.2 Å². The van der Waals surface area contributed by atoms with Crippen LogP contribution >= 0.6 is 11.9 Å². The highest BCUT2D eigenvalue weighted by atomic mass is 32.2. The Bertz CT molecular complexity index is 774. The Kier molecular flexibility index (Phi) is 5.50. The van der Waals surface area contributed by atoms with Crippen molar-refractivity contribution in [3.63, 3.8) is 0 Å². The average molecular weight is 364 g/mol. The molecule has 2 aromatic rings. The van der Waals surface area contributed by atoms with Gasteiger partial charge in [-0.15, -0.1) is 0 Å². The number of hydrogen-bond donors (Lipinski definition) is 2. The number of anilines is 2. The van der Waals surface area contributed by atoms with Crippen LogP contribution in [0.2, 0.25) is 0 Å². The Morgan fingerprint density at radius 3 is 2.96 bits per heavy atom. The summed E-state index contributed by atoms with van der Waals surface area (Å²) in [5.41, 5.74) is 0.810. The molecule has 8 heteroatoms. The fourth-order valence-corrected chi connectivity index (χ4v) is 3.25. The van der Waals surface area contributed by atoms with Gasteiger partial charge in [0.15, 0.2) is 0 Å². The third-order valence-corrected chi connectivity index (χ3v) is 4.63. The Morgan fingerprint density at radius 2 is 2.16 bits per heavy atom. The van der Waals surface area contributed by atoms with Gasteiger partial charge < -0.3 is 10.2 Å². The zero-order valence-electron chi connectivity index (χ0n) is 13.4. The van der Waals surface area contributed by atoms with Crippen LogP contribution in [0, 0.1) is 17.6 Å². The first-order chi connectivity index (χ1) is 12.1. The van der Waals surface area contributed by atoms with Crippen molar-refractivity contribution in [2.75, 3.05) is 23.3 Å². The first-order valence-corrected chi connectivity index (χ1v) is 8.78. The second kappa shape index (κ2) is 7.79. The van der Waals surface area contributed by atoms with Gasteiger partial charge >= 0.3 is 0 Å². The van der Waals surface area contributed by atoms with E-state index in [0.29, 0.717) is 30.2 Å². The summed E-state index contributed by atoms with van der Waals surface area (Å²) in [5.74, 6) is -1.44. The molecule has 1 aliphatic rings. The van der Waals surface area contributed by atoms with E-state index in [2.05, 4.69) is 10.3 Å². The Balaban J connectivity index is 1.70. The van der Waals surface area contributed by atoms with Gasteiger partial charge in [0.05, 0.1) is 11.6 Å². The summed E-state index contributed by atoms with van der Waals surface area (Å²) < 4.78 is 27.4. The summed E-state index contributed by atoms with van der Waals surface area (Å²) in [4.78, 5) is 18.3. The average Bonchev–Trinajstić information content (AvgIpc) is 2.64. The number of nitrogens with zero attached hydrogens (tertiary/aromatic N) is 2. The van der Waals surface area contributed by atoms with Gasteiger partial charge in [-0.2, -0.15) is 0 Å². The summed E-state index contributed by atoms with van der Waals surface area (Å²) in [6, 6.07) is 6.74. The molecule has 0 aliphatic carbocycles. The lowest BCUT2D eigenvalue weighted by Gasteiger charge is -2.33. The minimum Gasteiger partial charge on any atom is -0.368 e. The highest BCUT2D eigenvalue weighted by Gasteiger charge is 2.27. The molecule has 1 unspecified atom stereocenters.